The summed E-state index contributed by atoms with van der Waals surface area (Å²) in [5.74, 6) is -0.895. The monoisotopic (exact) mass is 392 g/mol. The van der Waals surface area contributed by atoms with Gasteiger partial charge in [-0.1, -0.05) is 0 Å². The Kier molecular flexibility index (Phi) is 6.56. The summed E-state index contributed by atoms with van der Waals surface area (Å²) in [5, 5.41) is 5.48. The number of benzene rings is 2. The second-order valence-corrected chi connectivity index (χ2v) is 6.98. The molecule has 2 amide bonds. The van der Waals surface area contributed by atoms with E-state index in [2.05, 4.69) is 15.4 Å². The van der Waals surface area contributed by atoms with Crippen LogP contribution >= 0.6 is 0 Å². The molecule has 0 bridgehead atoms. The maximum atomic E-state index is 12.5. The lowest BCUT2D eigenvalue weighted by molar-refractivity contribution is -0.0512. The fourth-order valence-corrected chi connectivity index (χ4v) is 2.33. The molecule has 0 radical (unpaired) electrons. The maximum Gasteiger partial charge on any atom is 0.387 e. The number of halogens is 2. The van der Waals surface area contributed by atoms with E-state index in [1.165, 1.54) is 25.3 Å². The number of alkyl halides is 2. The Morgan fingerprint density at radius 2 is 1.54 bits per heavy atom. The molecule has 2 rings (SSSR count). The average Bonchev–Trinajstić information content (AvgIpc) is 2.60. The van der Waals surface area contributed by atoms with Crippen LogP contribution in [0.2, 0.25) is 0 Å². The summed E-state index contributed by atoms with van der Waals surface area (Å²) in [5.41, 5.74) is 0.650. The first-order valence-electron chi connectivity index (χ1n) is 8.46. The molecular weight excluding hydrogens is 370 g/mol. The highest BCUT2D eigenvalue weighted by molar-refractivity contribution is 6.05. The van der Waals surface area contributed by atoms with Gasteiger partial charge in [0.2, 0.25) is 0 Å². The van der Waals surface area contributed by atoms with Gasteiger partial charge in [-0.25, -0.2) is 0 Å². The van der Waals surface area contributed by atoms with Gasteiger partial charge in [0.1, 0.15) is 0 Å². The number of hydrogen-bond acceptors (Lipinski definition) is 4. The number of rotatable bonds is 6. The van der Waals surface area contributed by atoms with Crippen molar-refractivity contribution >= 4 is 17.5 Å². The Morgan fingerprint density at radius 3 is 2.07 bits per heavy atom. The molecule has 28 heavy (non-hydrogen) atoms. The summed E-state index contributed by atoms with van der Waals surface area (Å²) in [4.78, 5) is 24.5. The van der Waals surface area contributed by atoms with Crippen LogP contribution in [0.1, 0.15) is 41.5 Å². The molecule has 8 heteroatoms. The Labute approximate surface area is 161 Å². The third kappa shape index (κ3) is 5.94. The van der Waals surface area contributed by atoms with Crippen LogP contribution in [0.3, 0.4) is 0 Å². The topological polar surface area (TPSA) is 76.7 Å². The number of ether oxygens (including phenoxy) is 2. The van der Waals surface area contributed by atoms with Gasteiger partial charge in [0, 0.05) is 22.4 Å². The molecule has 2 N–H and O–H groups in total. The summed E-state index contributed by atoms with van der Waals surface area (Å²) < 4.78 is 34.3. The fraction of sp³-hybridized carbons (Fsp3) is 0.300. The molecule has 0 aliphatic carbocycles. The Bertz CT molecular complexity index is 846. The van der Waals surface area contributed by atoms with Gasteiger partial charge in [0.25, 0.3) is 11.8 Å². The summed E-state index contributed by atoms with van der Waals surface area (Å²) in [7, 11) is 1.31. The fourth-order valence-electron chi connectivity index (χ4n) is 2.33. The molecule has 0 aromatic heterocycles. The Balaban J connectivity index is 2.11. The molecule has 0 unspecified atom stereocenters. The second-order valence-electron chi connectivity index (χ2n) is 6.98. The first kappa shape index (κ1) is 21.1. The summed E-state index contributed by atoms with van der Waals surface area (Å²) in [6.07, 6.45) is 0. The summed E-state index contributed by atoms with van der Waals surface area (Å²) in [6.45, 7) is 2.58. The minimum atomic E-state index is -3.04. The van der Waals surface area contributed by atoms with E-state index in [0.717, 1.165) is 0 Å². The minimum absolute atomic E-state index is 0.0889. The van der Waals surface area contributed by atoms with Gasteiger partial charge in [-0.3, -0.25) is 9.59 Å². The van der Waals surface area contributed by atoms with Gasteiger partial charge in [0.15, 0.2) is 11.5 Å². The van der Waals surface area contributed by atoms with Crippen LogP contribution in [0.25, 0.3) is 0 Å². The van der Waals surface area contributed by atoms with Gasteiger partial charge in [-0.05, 0) is 63.2 Å². The smallest absolute Gasteiger partial charge is 0.387 e. The molecule has 0 aliphatic heterocycles. The van der Waals surface area contributed by atoms with Crippen molar-refractivity contribution in [1.29, 1.82) is 0 Å². The maximum absolute atomic E-state index is 12.5. The zero-order valence-corrected chi connectivity index (χ0v) is 16.0. The van der Waals surface area contributed by atoms with E-state index < -0.39 is 12.5 Å². The van der Waals surface area contributed by atoms with E-state index in [9.17, 15) is 18.4 Å². The van der Waals surface area contributed by atoms with Crippen LogP contribution in [0.4, 0.5) is 14.5 Å². The zero-order chi connectivity index (χ0) is 20.9. The van der Waals surface area contributed by atoms with Gasteiger partial charge < -0.3 is 20.1 Å². The molecule has 6 nitrogen and oxygen atoms in total. The highest BCUT2D eigenvalue weighted by atomic mass is 19.3. The molecule has 150 valence electrons. The molecule has 0 fully saturated rings. The largest absolute Gasteiger partial charge is 0.493 e. The quantitative estimate of drug-likeness (QED) is 0.777. The number of nitrogens with one attached hydrogen (secondary N) is 2. The molecule has 0 aliphatic rings. The van der Waals surface area contributed by atoms with Crippen molar-refractivity contribution in [1.82, 2.24) is 5.32 Å². The standard InChI is InChI=1S/C20H22F2N2O4/c1-20(2,3)24-18(26)12-5-8-14(9-6-12)23-17(25)13-7-10-15(27-4)16(11-13)28-19(21)22/h5-11,19H,1-4H3,(H,23,25)(H,24,26). The second kappa shape index (κ2) is 8.69. The normalized spacial score (nSPS) is 11.1. The lowest BCUT2D eigenvalue weighted by Gasteiger charge is -2.20. The van der Waals surface area contributed by atoms with Crippen molar-refractivity contribution in [2.24, 2.45) is 0 Å². The molecular formula is C20H22F2N2O4. The van der Waals surface area contributed by atoms with Gasteiger partial charge in [-0.2, -0.15) is 8.78 Å². The van der Waals surface area contributed by atoms with Crippen LogP contribution in [0.5, 0.6) is 11.5 Å². The number of carbonyl (C=O) groups excluding carboxylic acids is 2. The van der Waals surface area contributed by atoms with Crippen LogP contribution in [0.15, 0.2) is 42.5 Å². The number of amides is 2. The highest BCUT2D eigenvalue weighted by Crippen LogP contribution is 2.29. The van der Waals surface area contributed by atoms with Gasteiger partial charge >= 0.3 is 6.61 Å². The van der Waals surface area contributed by atoms with Crippen molar-refractivity contribution in [2.45, 2.75) is 32.9 Å². The number of hydrogen-bond donors (Lipinski definition) is 2. The Morgan fingerprint density at radius 1 is 0.929 bits per heavy atom. The van der Waals surface area contributed by atoms with Crippen LogP contribution < -0.4 is 20.1 Å². The van der Waals surface area contributed by atoms with Gasteiger partial charge in [-0.15, -0.1) is 0 Å². The zero-order valence-electron chi connectivity index (χ0n) is 16.0. The van der Waals surface area contributed by atoms with E-state index in [1.54, 1.807) is 24.3 Å². The van der Waals surface area contributed by atoms with E-state index in [0.29, 0.717) is 11.3 Å². The van der Waals surface area contributed by atoms with E-state index in [-0.39, 0.29) is 28.5 Å². The van der Waals surface area contributed by atoms with Crippen LogP contribution in [0, 0.1) is 0 Å². The third-order valence-electron chi connectivity index (χ3n) is 3.54. The van der Waals surface area contributed by atoms with E-state index in [4.69, 9.17) is 4.74 Å². The molecule has 2 aromatic carbocycles. The first-order chi connectivity index (χ1) is 13.1. The van der Waals surface area contributed by atoms with Gasteiger partial charge in [0.05, 0.1) is 7.11 Å². The van der Waals surface area contributed by atoms with Crippen molar-refractivity contribution < 1.29 is 27.8 Å². The number of methoxy groups -OCH3 is 1. The molecule has 0 saturated carbocycles. The molecule has 0 atom stereocenters. The predicted molar refractivity (Wildman–Crippen MR) is 101 cm³/mol. The number of anilines is 1. The number of carbonyl (C=O) groups is 2. The lowest BCUT2D eigenvalue weighted by Crippen LogP contribution is -2.40. The van der Waals surface area contributed by atoms with Crippen LogP contribution in [-0.4, -0.2) is 31.1 Å². The lowest BCUT2D eigenvalue weighted by atomic mass is 10.1. The summed E-state index contributed by atoms with van der Waals surface area (Å²) in [6, 6.07) is 10.3. The third-order valence-corrected chi connectivity index (χ3v) is 3.54. The van der Waals surface area contributed by atoms with E-state index in [1.807, 2.05) is 20.8 Å². The van der Waals surface area contributed by atoms with Crippen LogP contribution in [-0.2, 0) is 0 Å². The highest BCUT2D eigenvalue weighted by Gasteiger charge is 2.16. The minimum Gasteiger partial charge on any atom is -0.493 e. The molecule has 0 heterocycles. The molecule has 0 spiro atoms. The summed E-state index contributed by atoms with van der Waals surface area (Å²) >= 11 is 0. The van der Waals surface area contributed by atoms with Crippen molar-refractivity contribution in [3.63, 3.8) is 0 Å². The van der Waals surface area contributed by atoms with Crippen molar-refractivity contribution in [3.05, 3.63) is 53.6 Å². The SMILES string of the molecule is COc1ccc(C(=O)Nc2ccc(C(=O)NC(C)(C)C)cc2)cc1OC(F)F. The van der Waals surface area contributed by atoms with Crippen molar-refractivity contribution in [2.75, 3.05) is 12.4 Å². The Hall–Kier alpha value is -3.16. The predicted octanol–water partition coefficient (Wildman–Crippen LogP) is 4.08. The van der Waals surface area contributed by atoms with Crippen molar-refractivity contribution in [3.8, 4) is 11.5 Å². The van der Waals surface area contributed by atoms with E-state index >= 15 is 0 Å². The average molecular weight is 392 g/mol. The molecule has 0 saturated heterocycles. The molecule has 2 aromatic rings. The first-order valence-corrected chi connectivity index (χ1v) is 8.46.